The van der Waals surface area contributed by atoms with Gasteiger partial charge in [0.25, 0.3) is 0 Å². The van der Waals surface area contributed by atoms with Gasteiger partial charge in [0, 0.05) is 33.3 Å². The predicted octanol–water partition coefficient (Wildman–Crippen LogP) is 14.0. The van der Waals surface area contributed by atoms with Gasteiger partial charge in [0.1, 0.15) is 0 Å². The maximum absolute atomic E-state index is 14.4. The molecule has 0 spiro atoms. The molecular weight excluding hydrogens is 807 g/mol. The number of benzene rings is 5. The Bertz CT molecular complexity index is 2800. The summed E-state index contributed by atoms with van der Waals surface area (Å²) in [6.45, 7) is 0. The molecule has 8 rings (SSSR count). The normalized spacial score (nSPS) is 13.4. The number of halogens is 15. The number of pyridine rings is 1. The van der Waals surface area contributed by atoms with Crippen LogP contribution in [0.25, 0.3) is 66.2 Å². The lowest BCUT2D eigenvalue weighted by Crippen LogP contribution is -2.09. The van der Waals surface area contributed by atoms with Gasteiger partial charge in [0.15, 0.2) is 0 Å². The van der Waals surface area contributed by atoms with E-state index in [1.165, 1.54) is 16.7 Å². The van der Waals surface area contributed by atoms with E-state index in [1.54, 1.807) is 0 Å². The molecular formula is C40H18F15N3. The smallest absolute Gasteiger partial charge is 0.309 e. The van der Waals surface area contributed by atoms with E-state index < -0.39 is 64.3 Å². The molecule has 3 aromatic heterocycles. The second-order valence-electron chi connectivity index (χ2n) is 13.2. The molecule has 0 saturated carbocycles. The highest BCUT2D eigenvalue weighted by Gasteiger charge is 2.37. The van der Waals surface area contributed by atoms with Gasteiger partial charge in [-0.3, -0.25) is 4.98 Å². The summed E-state index contributed by atoms with van der Waals surface area (Å²) in [6.07, 6.45) is -23.6. The van der Waals surface area contributed by atoms with E-state index in [0.29, 0.717) is 60.7 Å². The SMILES string of the molecule is FC(F)(F)c1ccc(-n2c3ccc(C(F)(F)F)cc3c3cc(C(F)(F)F)ccc32)c(-c2ncccc2-n2c3ccc(C(F)(F)F)cc3c3cc(C(F)(F)F)ccc32)c1. The Morgan fingerprint density at radius 2 is 0.655 bits per heavy atom. The lowest BCUT2D eigenvalue weighted by molar-refractivity contribution is -0.138. The summed E-state index contributed by atoms with van der Waals surface area (Å²) in [4.78, 5) is 4.32. The molecule has 3 heterocycles. The molecule has 58 heavy (non-hydrogen) atoms. The van der Waals surface area contributed by atoms with Crippen LogP contribution in [-0.2, 0) is 30.9 Å². The van der Waals surface area contributed by atoms with E-state index in [9.17, 15) is 65.9 Å². The number of hydrogen-bond acceptors (Lipinski definition) is 1. The van der Waals surface area contributed by atoms with Gasteiger partial charge in [0.05, 0.1) is 67.0 Å². The first kappa shape index (κ1) is 38.7. The molecule has 0 aliphatic carbocycles. The fourth-order valence-corrected chi connectivity index (χ4v) is 7.15. The molecule has 8 aromatic rings. The first-order chi connectivity index (χ1) is 26.9. The quantitative estimate of drug-likeness (QED) is 0.163. The fraction of sp³-hybridized carbons (Fsp3) is 0.125. The van der Waals surface area contributed by atoms with Gasteiger partial charge in [-0.25, -0.2) is 0 Å². The predicted molar refractivity (Wildman–Crippen MR) is 183 cm³/mol. The molecule has 0 radical (unpaired) electrons. The summed E-state index contributed by atoms with van der Waals surface area (Å²) in [7, 11) is 0. The lowest BCUT2D eigenvalue weighted by atomic mass is 10.0. The van der Waals surface area contributed by atoms with E-state index in [-0.39, 0.29) is 60.7 Å². The fourth-order valence-electron chi connectivity index (χ4n) is 7.15. The van der Waals surface area contributed by atoms with Gasteiger partial charge in [-0.15, -0.1) is 0 Å². The molecule has 0 N–H and O–H groups in total. The Morgan fingerprint density at radius 1 is 0.345 bits per heavy atom. The van der Waals surface area contributed by atoms with Crippen molar-refractivity contribution in [3.8, 4) is 22.6 Å². The monoisotopic (exact) mass is 825 g/mol. The van der Waals surface area contributed by atoms with Gasteiger partial charge in [-0.05, 0) is 103 Å². The van der Waals surface area contributed by atoms with Gasteiger partial charge in [-0.1, -0.05) is 0 Å². The standard InChI is InChI=1S/C40H18F15N3/c41-36(42,43)19-3-8-29-24(14-19)25-15-20(37(44,45)46)4-9-30(25)57(29)33-12-7-23(40(53,54)55)18-28(33)35-34(2-1-13-56-35)58-31-10-5-21(38(47,48)49)16-26(31)27-17-22(39(50,51)52)6-11-32(27)58/h1-18H. The van der Waals surface area contributed by atoms with Gasteiger partial charge in [-0.2, -0.15) is 65.9 Å². The maximum atomic E-state index is 14.4. The zero-order valence-corrected chi connectivity index (χ0v) is 28.4. The van der Waals surface area contributed by atoms with Crippen LogP contribution >= 0.6 is 0 Å². The van der Waals surface area contributed by atoms with Gasteiger partial charge < -0.3 is 9.13 Å². The van der Waals surface area contributed by atoms with Crippen molar-refractivity contribution >= 4 is 43.6 Å². The molecule has 0 bridgehead atoms. The molecule has 0 fully saturated rings. The van der Waals surface area contributed by atoms with Crippen molar-refractivity contribution in [2.24, 2.45) is 0 Å². The van der Waals surface area contributed by atoms with Crippen LogP contribution in [0.4, 0.5) is 65.9 Å². The van der Waals surface area contributed by atoms with Crippen LogP contribution in [0.3, 0.4) is 0 Å². The summed E-state index contributed by atoms with van der Waals surface area (Å²) in [5.74, 6) is 0. The lowest BCUT2D eigenvalue weighted by Gasteiger charge is -2.19. The molecule has 18 heteroatoms. The molecule has 0 aliphatic heterocycles. The molecule has 298 valence electrons. The van der Waals surface area contributed by atoms with Crippen molar-refractivity contribution in [2.45, 2.75) is 30.9 Å². The molecule has 3 nitrogen and oxygen atoms in total. The topological polar surface area (TPSA) is 22.8 Å². The number of rotatable bonds is 3. The highest BCUT2D eigenvalue weighted by Crippen LogP contribution is 2.46. The van der Waals surface area contributed by atoms with E-state index >= 15 is 0 Å². The molecule has 5 aromatic carbocycles. The van der Waals surface area contributed by atoms with Crippen molar-refractivity contribution in [3.63, 3.8) is 0 Å². The highest BCUT2D eigenvalue weighted by molar-refractivity contribution is 6.12. The number of aromatic nitrogens is 3. The Hall–Kier alpha value is -6.20. The Kier molecular flexibility index (Phi) is 8.43. The zero-order chi connectivity index (χ0) is 41.9. The average molecular weight is 826 g/mol. The molecule has 0 atom stereocenters. The Morgan fingerprint density at radius 3 is 1.00 bits per heavy atom. The van der Waals surface area contributed by atoms with Crippen LogP contribution in [0, 0.1) is 0 Å². The Balaban J connectivity index is 1.48. The van der Waals surface area contributed by atoms with Crippen LogP contribution in [-0.4, -0.2) is 14.1 Å². The van der Waals surface area contributed by atoms with E-state index in [1.807, 2.05) is 0 Å². The van der Waals surface area contributed by atoms with Crippen molar-refractivity contribution in [2.75, 3.05) is 0 Å². The van der Waals surface area contributed by atoms with E-state index in [0.717, 1.165) is 41.1 Å². The van der Waals surface area contributed by atoms with E-state index in [2.05, 4.69) is 4.98 Å². The summed E-state index contributed by atoms with van der Waals surface area (Å²) in [6, 6.07) is 13.7. The van der Waals surface area contributed by atoms with E-state index in [4.69, 9.17) is 0 Å². The first-order valence-electron chi connectivity index (χ1n) is 16.6. The largest absolute Gasteiger partial charge is 0.416 e. The first-order valence-corrected chi connectivity index (χ1v) is 16.6. The van der Waals surface area contributed by atoms with Crippen LogP contribution < -0.4 is 0 Å². The highest BCUT2D eigenvalue weighted by atomic mass is 19.4. The molecule has 0 saturated heterocycles. The summed E-state index contributed by atoms with van der Waals surface area (Å²) in [5, 5.41) is -1.30. The summed E-state index contributed by atoms with van der Waals surface area (Å²) >= 11 is 0. The third-order valence-corrected chi connectivity index (χ3v) is 9.69. The number of hydrogen-bond donors (Lipinski definition) is 0. The minimum atomic E-state index is -5.03. The Labute approximate surface area is 314 Å². The van der Waals surface area contributed by atoms with Crippen molar-refractivity contribution < 1.29 is 65.9 Å². The van der Waals surface area contributed by atoms with Crippen LogP contribution in [0.15, 0.2) is 109 Å². The number of alkyl halides is 15. The van der Waals surface area contributed by atoms with Crippen LogP contribution in [0.1, 0.15) is 27.8 Å². The van der Waals surface area contributed by atoms with Crippen LogP contribution in [0.2, 0.25) is 0 Å². The summed E-state index contributed by atoms with van der Waals surface area (Å²) in [5.41, 5.74) is -7.81. The van der Waals surface area contributed by atoms with Crippen LogP contribution in [0.5, 0.6) is 0 Å². The molecule has 0 amide bonds. The molecule has 0 unspecified atom stereocenters. The second-order valence-corrected chi connectivity index (χ2v) is 13.2. The average Bonchev–Trinajstić information content (AvgIpc) is 3.64. The minimum absolute atomic E-state index is 0.110. The van der Waals surface area contributed by atoms with Gasteiger partial charge >= 0.3 is 30.9 Å². The molecule has 0 aliphatic rings. The zero-order valence-electron chi connectivity index (χ0n) is 28.4. The number of fused-ring (bicyclic) bond motifs is 6. The second kappa shape index (κ2) is 12.6. The van der Waals surface area contributed by atoms with Crippen molar-refractivity contribution in [1.82, 2.24) is 14.1 Å². The minimum Gasteiger partial charge on any atom is -0.309 e. The summed E-state index contributed by atoms with van der Waals surface area (Å²) < 4.78 is 212. The van der Waals surface area contributed by atoms with Gasteiger partial charge in [0.2, 0.25) is 0 Å². The third kappa shape index (κ3) is 6.43. The third-order valence-electron chi connectivity index (χ3n) is 9.69. The number of nitrogens with zero attached hydrogens (tertiary/aromatic N) is 3. The van der Waals surface area contributed by atoms with Crippen molar-refractivity contribution in [3.05, 3.63) is 137 Å². The maximum Gasteiger partial charge on any atom is 0.416 e. The van der Waals surface area contributed by atoms with Crippen molar-refractivity contribution in [1.29, 1.82) is 0 Å².